The summed E-state index contributed by atoms with van der Waals surface area (Å²) in [5.74, 6) is 0. The van der Waals surface area contributed by atoms with Crippen molar-refractivity contribution in [2.75, 3.05) is 5.32 Å². The number of halogens is 3. The number of aryl methyl sites for hydroxylation is 1. The Morgan fingerprint density at radius 1 is 1.17 bits per heavy atom. The molecule has 3 rings (SSSR count). The molecular weight excluding hydrogens is 307 g/mol. The number of nitrogens with zero attached hydrogens (tertiary/aromatic N) is 2. The van der Waals surface area contributed by atoms with Crippen LogP contribution in [0, 0.1) is 6.92 Å². The van der Waals surface area contributed by atoms with E-state index in [9.17, 15) is 18.0 Å². The summed E-state index contributed by atoms with van der Waals surface area (Å²) in [4.78, 5) is 12.3. The van der Waals surface area contributed by atoms with E-state index in [1.54, 1.807) is 6.07 Å². The van der Waals surface area contributed by atoms with Crippen molar-refractivity contribution < 1.29 is 18.0 Å². The summed E-state index contributed by atoms with van der Waals surface area (Å²) in [5, 5.41) is 7.19. The van der Waals surface area contributed by atoms with Crippen LogP contribution >= 0.6 is 0 Å². The van der Waals surface area contributed by atoms with E-state index >= 15 is 0 Å². The Balaban J connectivity index is 1.91. The van der Waals surface area contributed by atoms with Gasteiger partial charge in [-0.2, -0.15) is 23.0 Å². The Hall–Kier alpha value is -2.83. The second-order valence-corrected chi connectivity index (χ2v) is 5.13. The molecule has 0 fully saturated rings. The molecule has 23 heavy (non-hydrogen) atoms. The first-order valence-electron chi connectivity index (χ1n) is 6.77. The lowest BCUT2D eigenvalue weighted by Crippen LogP contribution is -2.20. The fourth-order valence-electron chi connectivity index (χ4n) is 2.24. The average Bonchev–Trinajstić information content (AvgIpc) is 2.89. The molecular formula is C16H12F3N3O. The van der Waals surface area contributed by atoms with Crippen molar-refractivity contribution in [1.29, 1.82) is 0 Å². The van der Waals surface area contributed by atoms with Crippen LogP contribution in [0.15, 0.2) is 48.7 Å². The average molecular weight is 319 g/mol. The van der Waals surface area contributed by atoms with Crippen LogP contribution in [0.1, 0.15) is 11.1 Å². The van der Waals surface area contributed by atoms with Crippen LogP contribution < -0.4 is 5.32 Å². The lowest BCUT2D eigenvalue weighted by molar-refractivity contribution is -0.137. The number of nitrogens with one attached hydrogen (secondary N) is 1. The van der Waals surface area contributed by atoms with E-state index in [1.807, 2.05) is 19.1 Å². The molecule has 118 valence electrons. The molecule has 3 aromatic rings. The van der Waals surface area contributed by atoms with E-state index in [2.05, 4.69) is 10.4 Å². The Morgan fingerprint density at radius 2 is 1.96 bits per heavy atom. The Labute approximate surface area is 129 Å². The molecule has 7 heteroatoms. The number of hydrogen-bond donors (Lipinski definition) is 1. The molecule has 0 bridgehead atoms. The van der Waals surface area contributed by atoms with E-state index in [0.29, 0.717) is 5.52 Å². The first-order valence-corrected chi connectivity index (χ1v) is 6.77. The van der Waals surface area contributed by atoms with Crippen LogP contribution in [0.5, 0.6) is 0 Å². The third-order valence-electron chi connectivity index (χ3n) is 3.36. The zero-order valence-corrected chi connectivity index (χ0v) is 12.1. The van der Waals surface area contributed by atoms with Crippen LogP contribution in [0.4, 0.5) is 23.7 Å². The minimum Gasteiger partial charge on any atom is -0.306 e. The molecule has 1 aromatic heterocycles. The smallest absolute Gasteiger partial charge is 0.306 e. The molecule has 0 unspecified atom stereocenters. The molecule has 1 amide bonds. The van der Waals surface area contributed by atoms with Crippen molar-refractivity contribution in [2.24, 2.45) is 0 Å². The van der Waals surface area contributed by atoms with Gasteiger partial charge in [0.05, 0.1) is 17.3 Å². The lowest BCUT2D eigenvalue weighted by atomic mass is 10.2. The number of anilines is 1. The zero-order chi connectivity index (χ0) is 16.6. The molecule has 0 radical (unpaired) electrons. The van der Waals surface area contributed by atoms with E-state index in [1.165, 1.54) is 18.3 Å². The highest BCUT2D eigenvalue weighted by Gasteiger charge is 2.30. The Morgan fingerprint density at radius 3 is 2.70 bits per heavy atom. The third kappa shape index (κ3) is 3.03. The molecule has 0 spiro atoms. The number of benzene rings is 2. The lowest BCUT2D eigenvalue weighted by Gasteiger charge is -2.10. The zero-order valence-electron chi connectivity index (χ0n) is 12.1. The van der Waals surface area contributed by atoms with E-state index in [-0.39, 0.29) is 5.69 Å². The monoisotopic (exact) mass is 319 g/mol. The maximum atomic E-state index is 12.7. The van der Waals surface area contributed by atoms with E-state index in [4.69, 9.17) is 0 Å². The summed E-state index contributed by atoms with van der Waals surface area (Å²) in [6.07, 6.45) is -2.93. The number of fused-ring (bicyclic) bond motifs is 1. The molecule has 0 saturated carbocycles. The molecule has 2 aromatic carbocycles. The van der Waals surface area contributed by atoms with Gasteiger partial charge in [0.15, 0.2) is 0 Å². The van der Waals surface area contributed by atoms with Gasteiger partial charge in [-0.1, -0.05) is 18.2 Å². The van der Waals surface area contributed by atoms with Gasteiger partial charge in [0.25, 0.3) is 0 Å². The highest BCUT2D eigenvalue weighted by atomic mass is 19.4. The number of aromatic nitrogens is 2. The number of carbonyl (C=O) groups is 1. The largest absolute Gasteiger partial charge is 0.416 e. The molecule has 1 heterocycles. The van der Waals surface area contributed by atoms with Crippen molar-refractivity contribution >= 4 is 22.6 Å². The van der Waals surface area contributed by atoms with Gasteiger partial charge < -0.3 is 5.32 Å². The van der Waals surface area contributed by atoms with Crippen molar-refractivity contribution in [1.82, 2.24) is 9.78 Å². The quantitative estimate of drug-likeness (QED) is 0.720. The first kappa shape index (κ1) is 15.1. The minimum atomic E-state index is -4.46. The standard InChI is InChI=1S/C16H12F3N3O/c1-10-5-6-11-9-20-22(14(11)7-10)15(23)21-13-4-2-3-12(8-13)16(17,18)19/h2-9H,1H3,(H,21,23). The summed E-state index contributed by atoms with van der Waals surface area (Å²) in [6, 6.07) is 9.34. The fraction of sp³-hybridized carbons (Fsp3) is 0.125. The van der Waals surface area contributed by atoms with Crippen LogP contribution in [0.25, 0.3) is 10.9 Å². The molecule has 0 atom stereocenters. The maximum absolute atomic E-state index is 12.7. The van der Waals surface area contributed by atoms with Crippen LogP contribution in [-0.4, -0.2) is 15.8 Å². The number of alkyl halides is 3. The predicted molar refractivity (Wildman–Crippen MR) is 80.3 cm³/mol. The molecule has 0 aliphatic rings. The van der Waals surface area contributed by atoms with Crippen LogP contribution in [0.3, 0.4) is 0 Å². The molecule has 0 saturated heterocycles. The van der Waals surface area contributed by atoms with Crippen molar-refractivity contribution in [2.45, 2.75) is 13.1 Å². The second-order valence-electron chi connectivity index (χ2n) is 5.13. The Bertz CT molecular complexity index is 884. The van der Waals surface area contributed by atoms with Crippen molar-refractivity contribution in [3.05, 3.63) is 59.8 Å². The summed E-state index contributed by atoms with van der Waals surface area (Å²) in [5.41, 5.74) is 0.776. The highest BCUT2D eigenvalue weighted by molar-refractivity contribution is 5.97. The number of hydrogen-bond acceptors (Lipinski definition) is 2. The maximum Gasteiger partial charge on any atom is 0.416 e. The number of carbonyl (C=O) groups excluding carboxylic acids is 1. The molecule has 0 aliphatic carbocycles. The van der Waals surface area contributed by atoms with Gasteiger partial charge in [0, 0.05) is 11.1 Å². The highest BCUT2D eigenvalue weighted by Crippen LogP contribution is 2.30. The van der Waals surface area contributed by atoms with Gasteiger partial charge in [-0.15, -0.1) is 0 Å². The van der Waals surface area contributed by atoms with E-state index < -0.39 is 17.8 Å². The molecule has 1 N–H and O–H groups in total. The summed E-state index contributed by atoms with van der Waals surface area (Å²) >= 11 is 0. The summed E-state index contributed by atoms with van der Waals surface area (Å²) < 4.78 is 39.2. The van der Waals surface area contributed by atoms with Gasteiger partial charge in [0.2, 0.25) is 0 Å². The second kappa shape index (κ2) is 5.42. The summed E-state index contributed by atoms with van der Waals surface area (Å²) in [6.45, 7) is 1.88. The van der Waals surface area contributed by atoms with E-state index in [0.717, 1.165) is 27.8 Å². The van der Waals surface area contributed by atoms with Gasteiger partial charge >= 0.3 is 12.2 Å². The minimum absolute atomic E-state index is 0.0566. The van der Waals surface area contributed by atoms with Gasteiger partial charge in [-0.05, 0) is 36.8 Å². The molecule has 0 aliphatic heterocycles. The third-order valence-corrected chi connectivity index (χ3v) is 3.36. The van der Waals surface area contributed by atoms with Crippen LogP contribution in [0.2, 0.25) is 0 Å². The normalized spacial score (nSPS) is 11.7. The van der Waals surface area contributed by atoms with Crippen molar-refractivity contribution in [3.63, 3.8) is 0 Å². The van der Waals surface area contributed by atoms with Gasteiger partial charge in [-0.25, -0.2) is 4.79 Å². The van der Waals surface area contributed by atoms with Gasteiger partial charge in [-0.3, -0.25) is 0 Å². The molecule has 4 nitrogen and oxygen atoms in total. The van der Waals surface area contributed by atoms with Crippen LogP contribution in [-0.2, 0) is 6.18 Å². The van der Waals surface area contributed by atoms with Gasteiger partial charge in [0.1, 0.15) is 0 Å². The summed E-state index contributed by atoms with van der Waals surface area (Å²) in [7, 11) is 0. The number of rotatable bonds is 1. The number of amides is 1. The topological polar surface area (TPSA) is 46.9 Å². The fourth-order valence-corrected chi connectivity index (χ4v) is 2.24. The first-order chi connectivity index (χ1) is 10.8. The Kier molecular flexibility index (Phi) is 3.55. The SMILES string of the molecule is Cc1ccc2cnn(C(=O)Nc3cccc(C(F)(F)F)c3)c2c1. The predicted octanol–water partition coefficient (Wildman–Crippen LogP) is 4.44. The van der Waals surface area contributed by atoms with Crippen molar-refractivity contribution in [3.8, 4) is 0 Å².